The van der Waals surface area contributed by atoms with E-state index in [1.165, 1.54) is 0 Å². The molecule has 1 aliphatic rings. The number of ether oxygens (including phenoxy) is 1. The van der Waals surface area contributed by atoms with Crippen molar-refractivity contribution >= 4 is 23.6 Å². The Kier molecular flexibility index (Phi) is 6.90. The van der Waals surface area contributed by atoms with Crippen LogP contribution in [-0.4, -0.2) is 53.0 Å². The first-order valence-electron chi connectivity index (χ1n) is 11.9. The van der Waals surface area contributed by atoms with Crippen molar-refractivity contribution < 1.29 is 9.84 Å². The summed E-state index contributed by atoms with van der Waals surface area (Å²) in [6.45, 7) is 11.3. The van der Waals surface area contributed by atoms with Crippen LogP contribution in [0.1, 0.15) is 53.5 Å². The fourth-order valence-corrected chi connectivity index (χ4v) is 5.31. The maximum Gasteiger partial charge on any atom is 0.213 e. The van der Waals surface area contributed by atoms with Crippen LogP contribution in [0.5, 0.6) is 11.6 Å². The summed E-state index contributed by atoms with van der Waals surface area (Å²) >= 11 is 0. The van der Waals surface area contributed by atoms with Crippen molar-refractivity contribution in [3.8, 4) is 34.0 Å². The molecule has 190 valence electrons. The summed E-state index contributed by atoms with van der Waals surface area (Å²) in [5.74, 6) is 0.661. The Bertz CT molecular complexity index is 1370. The summed E-state index contributed by atoms with van der Waals surface area (Å²) in [6, 6.07) is 11.2. The second-order valence-electron chi connectivity index (χ2n) is 10.5. The molecular formula is C26H32ClN7O2. The number of hydrogen-bond donors (Lipinski definition) is 2. The van der Waals surface area contributed by atoms with E-state index in [0.29, 0.717) is 34.9 Å². The van der Waals surface area contributed by atoms with Gasteiger partial charge in [0.2, 0.25) is 11.5 Å². The summed E-state index contributed by atoms with van der Waals surface area (Å²) in [5.41, 5.74) is 4.15. The van der Waals surface area contributed by atoms with Gasteiger partial charge in [-0.2, -0.15) is 0 Å². The molecule has 4 heterocycles. The number of benzene rings is 1. The van der Waals surface area contributed by atoms with Crippen LogP contribution in [0.25, 0.3) is 33.5 Å². The SMILES string of the molecule is CCOc1cc(-c2ccc(-c3cc4nnn(C5CC(C)(C)NC(C)(C)C5)c4nn3)c(O)c2)ccn1.Cl. The van der Waals surface area contributed by atoms with Gasteiger partial charge >= 0.3 is 0 Å². The number of fused-ring (bicyclic) bond motifs is 1. The molecule has 4 aromatic rings. The van der Waals surface area contributed by atoms with Crippen LogP contribution in [0.15, 0.2) is 42.6 Å². The van der Waals surface area contributed by atoms with Crippen LogP contribution >= 0.6 is 12.4 Å². The highest BCUT2D eigenvalue weighted by Gasteiger charge is 2.39. The van der Waals surface area contributed by atoms with Crippen LogP contribution in [0, 0.1) is 0 Å². The summed E-state index contributed by atoms with van der Waals surface area (Å²) < 4.78 is 7.39. The maximum atomic E-state index is 10.8. The van der Waals surface area contributed by atoms with Gasteiger partial charge in [-0.1, -0.05) is 11.3 Å². The van der Waals surface area contributed by atoms with Crippen LogP contribution in [0.4, 0.5) is 0 Å². The number of pyridine rings is 1. The number of nitrogens with zero attached hydrogens (tertiary/aromatic N) is 6. The number of rotatable bonds is 5. The maximum absolute atomic E-state index is 10.8. The Morgan fingerprint density at radius 1 is 1.00 bits per heavy atom. The quantitative estimate of drug-likeness (QED) is 0.388. The van der Waals surface area contributed by atoms with Gasteiger partial charge in [-0.3, -0.25) is 0 Å². The molecule has 2 N–H and O–H groups in total. The summed E-state index contributed by atoms with van der Waals surface area (Å²) in [5, 5.41) is 32.2. The van der Waals surface area contributed by atoms with Crippen LogP contribution < -0.4 is 10.1 Å². The molecule has 10 heteroatoms. The molecule has 1 saturated heterocycles. The molecule has 0 unspecified atom stereocenters. The lowest BCUT2D eigenvalue weighted by Gasteiger charge is -2.46. The van der Waals surface area contributed by atoms with Crippen molar-refractivity contribution in [2.75, 3.05) is 6.61 Å². The summed E-state index contributed by atoms with van der Waals surface area (Å²) in [4.78, 5) is 4.20. The molecule has 0 radical (unpaired) electrons. The lowest BCUT2D eigenvalue weighted by atomic mass is 9.80. The van der Waals surface area contributed by atoms with Gasteiger partial charge in [0.15, 0.2) is 0 Å². The topological polar surface area (TPSA) is 111 Å². The molecule has 1 aliphatic heterocycles. The number of nitrogens with one attached hydrogen (secondary N) is 1. The predicted octanol–water partition coefficient (Wildman–Crippen LogP) is 4.96. The van der Waals surface area contributed by atoms with E-state index in [1.807, 2.05) is 41.9 Å². The fraction of sp³-hybridized carbons (Fsp3) is 0.423. The van der Waals surface area contributed by atoms with Gasteiger partial charge in [-0.05, 0) is 82.9 Å². The second kappa shape index (κ2) is 9.63. The minimum Gasteiger partial charge on any atom is -0.507 e. The Morgan fingerprint density at radius 2 is 1.72 bits per heavy atom. The zero-order chi connectivity index (χ0) is 24.8. The van der Waals surface area contributed by atoms with E-state index in [9.17, 15) is 5.11 Å². The van der Waals surface area contributed by atoms with E-state index in [2.05, 4.69) is 58.5 Å². The Morgan fingerprint density at radius 3 is 2.42 bits per heavy atom. The number of aromatic hydroxyl groups is 1. The van der Waals surface area contributed by atoms with Crippen LogP contribution in [-0.2, 0) is 0 Å². The summed E-state index contributed by atoms with van der Waals surface area (Å²) in [6.07, 6.45) is 3.53. The largest absolute Gasteiger partial charge is 0.507 e. The third kappa shape index (κ3) is 5.12. The molecular weight excluding hydrogens is 478 g/mol. The molecule has 9 nitrogen and oxygen atoms in total. The highest BCUT2D eigenvalue weighted by atomic mass is 35.5. The monoisotopic (exact) mass is 509 g/mol. The van der Waals surface area contributed by atoms with Gasteiger partial charge in [-0.15, -0.1) is 27.7 Å². The third-order valence-electron chi connectivity index (χ3n) is 6.37. The number of piperidine rings is 1. The molecule has 5 rings (SSSR count). The van der Waals surface area contributed by atoms with Crippen molar-refractivity contribution in [1.29, 1.82) is 0 Å². The molecule has 1 fully saturated rings. The van der Waals surface area contributed by atoms with Crippen LogP contribution in [0.2, 0.25) is 0 Å². The lowest BCUT2D eigenvalue weighted by Crippen LogP contribution is -2.58. The number of aromatic nitrogens is 6. The van der Waals surface area contributed by atoms with Gasteiger partial charge in [0, 0.05) is 28.9 Å². The van der Waals surface area contributed by atoms with Crippen molar-refractivity contribution in [2.24, 2.45) is 0 Å². The van der Waals surface area contributed by atoms with Gasteiger partial charge in [-0.25, -0.2) is 9.67 Å². The molecule has 36 heavy (non-hydrogen) atoms. The molecule has 0 amide bonds. The number of hydrogen-bond acceptors (Lipinski definition) is 8. The van der Waals surface area contributed by atoms with E-state index in [-0.39, 0.29) is 35.3 Å². The Hall–Kier alpha value is -3.30. The van der Waals surface area contributed by atoms with E-state index >= 15 is 0 Å². The number of phenolic OH excluding ortho intramolecular Hbond substituents is 1. The predicted molar refractivity (Wildman–Crippen MR) is 141 cm³/mol. The fourth-order valence-electron chi connectivity index (χ4n) is 5.31. The average molecular weight is 510 g/mol. The van der Waals surface area contributed by atoms with E-state index in [1.54, 1.807) is 12.3 Å². The normalized spacial score (nSPS) is 17.0. The van der Waals surface area contributed by atoms with Gasteiger partial charge in [0.05, 0.1) is 18.3 Å². The standard InChI is InChI=1S/C26H31N7O2.ClH/c1-6-35-23-12-17(9-10-27-23)16-7-8-19(22(34)11-16)20-13-21-24(30-28-20)33(32-29-21)18-14-25(2,3)31-26(4,5)15-18;/h7-13,18,31,34H,6,14-15H2,1-5H3;1H. The first-order chi connectivity index (χ1) is 16.6. The molecule has 1 aromatic carbocycles. The average Bonchev–Trinajstić information content (AvgIpc) is 3.21. The first-order valence-corrected chi connectivity index (χ1v) is 11.9. The molecule has 0 spiro atoms. The zero-order valence-electron chi connectivity index (χ0n) is 21.2. The zero-order valence-corrected chi connectivity index (χ0v) is 22.0. The van der Waals surface area contributed by atoms with E-state index in [0.717, 1.165) is 24.0 Å². The molecule has 0 saturated carbocycles. The van der Waals surface area contributed by atoms with Crippen molar-refractivity contribution in [1.82, 2.24) is 35.5 Å². The molecule has 0 aliphatic carbocycles. The minimum atomic E-state index is -0.0240. The van der Waals surface area contributed by atoms with Gasteiger partial charge in [0.25, 0.3) is 0 Å². The highest BCUT2D eigenvalue weighted by Crippen LogP contribution is 2.37. The van der Waals surface area contributed by atoms with Gasteiger partial charge in [0.1, 0.15) is 11.3 Å². The smallest absolute Gasteiger partial charge is 0.213 e. The number of phenols is 1. The minimum absolute atomic E-state index is 0. The second-order valence-corrected chi connectivity index (χ2v) is 10.5. The third-order valence-corrected chi connectivity index (χ3v) is 6.37. The Labute approximate surface area is 216 Å². The van der Waals surface area contributed by atoms with Crippen molar-refractivity contribution in [3.63, 3.8) is 0 Å². The van der Waals surface area contributed by atoms with E-state index in [4.69, 9.17) is 4.74 Å². The highest BCUT2D eigenvalue weighted by molar-refractivity contribution is 5.85. The lowest BCUT2D eigenvalue weighted by molar-refractivity contribution is 0.127. The van der Waals surface area contributed by atoms with Crippen molar-refractivity contribution in [3.05, 3.63) is 42.6 Å². The van der Waals surface area contributed by atoms with E-state index < -0.39 is 0 Å². The molecule has 0 atom stereocenters. The first kappa shape index (κ1) is 25.8. The Balaban J connectivity index is 0.00000304. The molecule has 3 aromatic heterocycles. The van der Waals surface area contributed by atoms with Crippen molar-refractivity contribution in [2.45, 2.75) is 64.6 Å². The van der Waals surface area contributed by atoms with Crippen LogP contribution in [0.3, 0.4) is 0 Å². The molecule has 0 bridgehead atoms. The summed E-state index contributed by atoms with van der Waals surface area (Å²) in [7, 11) is 0. The van der Waals surface area contributed by atoms with Gasteiger partial charge < -0.3 is 15.2 Å². The number of halogens is 1.